The van der Waals surface area contributed by atoms with Crippen molar-refractivity contribution in [1.82, 2.24) is 14.5 Å². The van der Waals surface area contributed by atoms with E-state index in [1.54, 1.807) is 32.0 Å². The number of benzene rings is 1. The number of piperazine rings is 1. The normalized spacial score (nSPS) is 19.1. The van der Waals surface area contributed by atoms with Gasteiger partial charge in [-0.2, -0.15) is 4.31 Å². The molecule has 1 aliphatic rings. The first-order valence-corrected chi connectivity index (χ1v) is 10.2. The van der Waals surface area contributed by atoms with Gasteiger partial charge in [-0.25, -0.2) is 8.42 Å². The maximum Gasteiger partial charge on any atom is 0.243 e. The molecule has 0 unspecified atom stereocenters. The van der Waals surface area contributed by atoms with Gasteiger partial charge in [-0.05, 0) is 25.1 Å². The Morgan fingerprint density at radius 3 is 2.72 bits per heavy atom. The molecule has 7 nitrogen and oxygen atoms in total. The molecule has 1 amide bonds. The molecule has 1 saturated heterocycles. The van der Waals surface area contributed by atoms with Crippen molar-refractivity contribution in [1.29, 1.82) is 0 Å². The van der Waals surface area contributed by atoms with Crippen LogP contribution in [0.3, 0.4) is 0 Å². The summed E-state index contributed by atoms with van der Waals surface area (Å²) in [5, 5.41) is 6.10. The molecule has 0 aromatic heterocycles. The highest BCUT2D eigenvalue weighted by atomic mass is 32.2. The summed E-state index contributed by atoms with van der Waals surface area (Å²) in [6, 6.07) is 6.74. The van der Waals surface area contributed by atoms with Crippen LogP contribution in [-0.4, -0.2) is 68.8 Å². The van der Waals surface area contributed by atoms with Crippen molar-refractivity contribution in [2.45, 2.75) is 31.7 Å². The molecule has 1 aliphatic heterocycles. The molecular formula is C17H28N4O3S. The molecule has 8 heteroatoms. The van der Waals surface area contributed by atoms with E-state index in [-0.39, 0.29) is 10.8 Å². The molecule has 1 fully saturated rings. The number of carbonyl (C=O) groups is 1. The van der Waals surface area contributed by atoms with Crippen LogP contribution in [0.1, 0.15) is 20.8 Å². The van der Waals surface area contributed by atoms with Gasteiger partial charge in [0.15, 0.2) is 0 Å². The minimum absolute atomic E-state index is 0.133. The third kappa shape index (κ3) is 5.01. The maximum atomic E-state index is 12.6. The minimum Gasteiger partial charge on any atom is -0.325 e. The van der Waals surface area contributed by atoms with Gasteiger partial charge in [0, 0.05) is 44.5 Å². The summed E-state index contributed by atoms with van der Waals surface area (Å²) in [6.07, 6.45) is 0. The molecule has 1 aromatic rings. The van der Waals surface area contributed by atoms with Crippen molar-refractivity contribution in [3.05, 3.63) is 24.3 Å². The topological polar surface area (TPSA) is 81.8 Å². The zero-order valence-corrected chi connectivity index (χ0v) is 16.0. The van der Waals surface area contributed by atoms with Crippen molar-refractivity contribution in [3.63, 3.8) is 0 Å². The summed E-state index contributed by atoms with van der Waals surface area (Å²) >= 11 is 0. The fourth-order valence-electron chi connectivity index (χ4n) is 2.95. The largest absolute Gasteiger partial charge is 0.325 e. The third-order valence-corrected chi connectivity index (χ3v) is 6.49. The van der Waals surface area contributed by atoms with Crippen molar-refractivity contribution in [2.75, 3.05) is 44.6 Å². The van der Waals surface area contributed by atoms with Crippen LogP contribution in [0.15, 0.2) is 29.2 Å². The Morgan fingerprint density at radius 2 is 2.08 bits per heavy atom. The summed E-state index contributed by atoms with van der Waals surface area (Å²) in [7, 11) is -3.53. The van der Waals surface area contributed by atoms with E-state index < -0.39 is 10.0 Å². The maximum absolute atomic E-state index is 12.6. The molecule has 0 saturated carbocycles. The second-order valence-corrected chi connectivity index (χ2v) is 8.13. The molecule has 1 aromatic carbocycles. The molecule has 140 valence electrons. The zero-order chi connectivity index (χ0) is 18.4. The molecule has 0 aliphatic carbocycles. The zero-order valence-electron chi connectivity index (χ0n) is 15.2. The van der Waals surface area contributed by atoms with E-state index >= 15 is 0 Å². The fourth-order valence-corrected chi connectivity index (χ4v) is 4.45. The first-order valence-electron chi connectivity index (χ1n) is 8.73. The van der Waals surface area contributed by atoms with Gasteiger partial charge < -0.3 is 10.6 Å². The molecule has 0 bridgehead atoms. The minimum atomic E-state index is -3.53. The van der Waals surface area contributed by atoms with Gasteiger partial charge in [0.05, 0.1) is 11.4 Å². The quantitative estimate of drug-likeness (QED) is 0.749. The van der Waals surface area contributed by atoms with Gasteiger partial charge in [-0.15, -0.1) is 0 Å². The van der Waals surface area contributed by atoms with Crippen molar-refractivity contribution in [2.24, 2.45) is 0 Å². The summed E-state index contributed by atoms with van der Waals surface area (Å²) in [5.74, 6) is -0.133. The van der Waals surface area contributed by atoms with Crippen LogP contribution in [-0.2, 0) is 14.8 Å². The van der Waals surface area contributed by atoms with Gasteiger partial charge in [-0.1, -0.05) is 19.9 Å². The van der Waals surface area contributed by atoms with E-state index in [2.05, 4.69) is 22.5 Å². The molecule has 1 atom stereocenters. The Morgan fingerprint density at radius 1 is 1.36 bits per heavy atom. The van der Waals surface area contributed by atoms with Crippen LogP contribution in [0.25, 0.3) is 0 Å². The molecule has 0 spiro atoms. The summed E-state index contributed by atoms with van der Waals surface area (Å²) in [5.41, 5.74) is 0.501. The van der Waals surface area contributed by atoms with E-state index in [9.17, 15) is 13.2 Å². The summed E-state index contributed by atoms with van der Waals surface area (Å²) < 4.78 is 26.6. The second kappa shape index (κ2) is 8.75. The number of sulfonamides is 1. The molecule has 1 heterocycles. The van der Waals surface area contributed by atoms with Gasteiger partial charge in [0.1, 0.15) is 0 Å². The molecule has 0 radical (unpaired) electrons. The Labute approximate surface area is 150 Å². The number of nitrogens with zero attached hydrogens (tertiary/aromatic N) is 2. The van der Waals surface area contributed by atoms with Crippen LogP contribution in [0, 0.1) is 0 Å². The Hall–Kier alpha value is -1.48. The standard InChI is InChI=1S/C17H28N4O3S/c1-4-21(5-2)25(23,24)16-8-6-7-15(11-16)19-17(22)13-20-10-9-18-12-14(20)3/h6-8,11,14,18H,4-5,9-10,12-13H2,1-3H3,(H,19,22)/t14-/m0/s1. The van der Waals surface area contributed by atoms with Crippen molar-refractivity contribution in [3.8, 4) is 0 Å². The van der Waals surface area contributed by atoms with Crippen LogP contribution >= 0.6 is 0 Å². The molecule has 2 rings (SSSR count). The van der Waals surface area contributed by atoms with Crippen molar-refractivity contribution >= 4 is 21.6 Å². The van der Waals surface area contributed by atoms with Crippen LogP contribution in [0.4, 0.5) is 5.69 Å². The second-order valence-electron chi connectivity index (χ2n) is 6.19. The highest BCUT2D eigenvalue weighted by Crippen LogP contribution is 2.19. The lowest BCUT2D eigenvalue weighted by Crippen LogP contribution is -2.51. The SMILES string of the molecule is CCN(CC)S(=O)(=O)c1cccc(NC(=O)CN2CCNC[C@@H]2C)c1. The number of rotatable bonds is 7. The number of carbonyl (C=O) groups excluding carboxylic acids is 1. The number of anilines is 1. The molecule has 25 heavy (non-hydrogen) atoms. The van der Waals surface area contributed by atoms with Gasteiger partial charge in [0.25, 0.3) is 0 Å². The first kappa shape index (κ1) is 19.8. The monoisotopic (exact) mass is 368 g/mol. The lowest BCUT2D eigenvalue weighted by atomic mass is 10.2. The van der Waals surface area contributed by atoms with E-state index in [1.807, 2.05) is 0 Å². The van der Waals surface area contributed by atoms with E-state index in [1.165, 1.54) is 10.4 Å². The van der Waals surface area contributed by atoms with Crippen molar-refractivity contribution < 1.29 is 13.2 Å². The lowest BCUT2D eigenvalue weighted by Gasteiger charge is -2.33. The Bertz CT molecular complexity index is 689. The molecule has 2 N–H and O–H groups in total. The van der Waals surface area contributed by atoms with E-state index in [4.69, 9.17) is 0 Å². The predicted octanol–water partition coefficient (Wildman–Crippen LogP) is 0.949. The summed E-state index contributed by atoms with van der Waals surface area (Å²) in [4.78, 5) is 14.6. The van der Waals surface area contributed by atoms with Crippen LogP contribution in [0.5, 0.6) is 0 Å². The van der Waals surface area contributed by atoms with Gasteiger partial charge in [0.2, 0.25) is 15.9 Å². The number of hydrogen-bond acceptors (Lipinski definition) is 5. The van der Waals surface area contributed by atoms with Gasteiger partial charge in [-0.3, -0.25) is 9.69 Å². The van der Waals surface area contributed by atoms with Gasteiger partial charge >= 0.3 is 0 Å². The molecular weight excluding hydrogens is 340 g/mol. The average Bonchev–Trinajstić information content (AvgIpc) is 2.58. The predicted molar refractivity (Wildman–Crippen MR) is 99.1 cm³/mol. The number of nitrogens with one attached hydrogen (secondary N) is 2. The van der Waals surface area contributed by atoms with E-state index in [0.717, 1.165) is 19.6 Å². The number of amides is 1. The first-order chi connectivity index (χ1) is 11.9. The fraction of sp³-hybridized carbons (Fsp3) is 0.588. The number of hydrogen-bond donors (Lipinski definition) is 2. The highest BCUT2D eigenvalue weighted by Gasteiger charge is 2.23. The summed E-state index contributed by atoms with van der Waals surface area (Å²) in [6.45, 7) is 9.38. The highest BCUT2D eigenvalue weighted by molar-refractivity contribution is 7.89. The lowest BCUT2D eigenvalue weighted by molar-refractivity contribution is -0.118. The average molecular weight is 369 g/mol. The Balaban J connectivity index is 2.07. The third-order valence-electron chi connectivity index (χ3n) is 4.45. The van der Waals surface area contributed by atoms with Crippen LogP contribution < -0.4 is 10.6 Å². The van der Waals surface area contributed by atoms with E-state index in [0.29, 0.717) is 31.4 Å². The Kier molecular flexibility index (Phi) is 6.95. The smallest absolute Gasteiger partial charge is 0.243 e. The van der Waals surface area contributed by atoms with Crippen LogP contribution in [0.2, 0.25) is 0 Å².